The summed E-state index contributed by atoms with van der Waals surface area (Å²) in [4.78, 5) is 29.8. The van der Waals surface area contributed by atoms with E-state index in [2.05, 4.69) is 10.3 Å². The summed E-state index contributed by atoms with van der Waals surface area (Å²) in [5.74, 6) is -2.44. The summed E-state index contributed by atoms with van der Waals surface area (Å²) in [6.45, 7) is 0.636. The van der Waals surface area contributed by atoms with Crippen molar-refractivity contribution < 1.29 is 23.8 Å². The van der Waals surface area contributed by atoms with Crippen LogP contribution in [0, 0.1) is 11.7 Å². The minimum Gasteiger partial charge on any atom is -0.481 e. The fraction of sp³-hybridized carbons (Fsp3) is 0.278. The zero-order valence-corrected chi connectivity index (χ0v) is 13.9. The number of carboxylic acid groups (broad SMARTS) is 1. The number of carbonyl (C=O) groups excluding carboxylic acids is 1. The van der Waals surface area contributed by atoms with Crippen molar-refractivity contribution in [1.82, 2.24) is 9.88 Å². The lowest BCUT2D eigenvalue weighted by Gasteiger charge is -2.23. The number of hydrogen-bond donors (Lipinski definition) is 2. The molecule has 0 saturated carbocycles. The Kier molecular flexibility index (Phi) is 5.43. The van der Waals surface area contributed by atoms with Crippen molar-refractivity contribution in [1.29, 1.82) is 0 Å². The fourth-order valence-corrected chi connectivity index (χ4v) is 2.68. The van der Waals surface area contributed by atoms with Gasteiger partial charge >= 0.3 is 5.97 Å². The Morgan fingerprint density at radius 3 is 2.85 bits per heavy atom. The fourth-order valence-electron chi connectivity index (χ4n) is 2.68. The van der Waals surface area contributed by atoms with Gasteiger partial charge in [-0.2, -0.15) is 0 Å². The molecule has 1 aromatic heterocycles. The van der Waals surface area contributed by atoms with Crippen LogP contribution >= 0.6 is 0 Å². The molecule has 8 heteroatoms. The number of nitrogens with one attached hydrogen (secondary N) is 1. The third kappa shape index (κ3) is 3.97. The smallest absolute Gasteiger partial charge is 0.310 e. The van der Waals surface area contributed by atoms with Gasteiger partial charge in [0.15, 0.2) is 0 Å². The zero-order chi connectivity index (χ0) is 18.5. The number of benzene rings is 1. The van der Waals surface area contributed by atoms with Crippen LogP contribution in [-0.4, -0.2) is 53.2 Å². The molecule has 2 aromatic rings. The minimum absolute atomic E-state index is 0.0438. The van der Waals surface area contributed by atoms with Crippen LogP contribution in [0.2, 0.25) is 0 Å². The van der Waals surface area contributed by atoms with E-state index in [1.165, 1.54) is 17.2 Å². The molecule has 0 aliphatic carbocycles. The largest absolute Gasteiger partial charge is 0.481 e. The summed E-state index contributed by atoms with van der Waals surface area (Å²) in [6.07, 6.45) is 1.49. The number of halogens is 1. The molecule has 0 spiro atoms. The molecule has 2 N–H and O–H groups in total. The maximum absolute atomic E-state index is 13.9. The van der Waals surface area contributed by atoms with Crippen molar-refractivity contribution in [2.45, 2.75) is 0 Å². The third-order valence-corrected chi connectivity index (χ3v) is 4.07. The summed E-state index contributed by atoms with van der Waals surface area (Å²) >= 11 is 0. The molecule has 1 aliphatic rings. The SMILES string of the molecule is O=C(O)C1COCCN(C(=O)c2cccnc2Nc2ccccc2F)C1. The first-order valence-corrected chi connectivity index (χ1v) is 8.12. The molecule has 2 heterocycles. The number of ether oxygens (including phenoxy) is 1. The highest BCUT2D eigenvalue weighted by molar-refractivity contribution is 5.99. The van der Waals surface area contributed by atoms with Gasteiger partial charge in [0.1, 0.15) is 11.6 Å². The summed E-state index contributed by atoms with van der Waals surface area (Å²) in [5, 5.41) is 12.1. The molecule has 1 amide bonds. The lowest BCUT2D eigenvalue weighted by molar-refractivity contribution is -0.143. The third-order valence-electron chi connectivity index (χ3n) is 4.07. The van der Waals surface area contributed by atoms with E-state index < -0.39 is 17.7 Å². The second-order valence-corrected chi connectivity index (χ2v) is 5.87. The van der Waals surface area contributed by atoms with Gasteiger partial charge < -0.3 is 20.1 Å². The van der Waals surface area contributed by atoms with Gasteiger partial charge in [-0.25, -0.2) is 9.37 Å². The molecule has 0 radical (unpaired) electrons. The van der Waals surface area contributed by atoms with Gasteiger partial charge in [-0.15, -0.1) is 0 Å². The van der Waals surface area contributed by atoms with E-state index in [-0.39, 0.29) is 49.3 Å². The van der Waals surface area contributed by atoms with E-state index in [4.69, 9.17) is 4.74 Å². The average Bonchev–Trinajstić information content (AvgIpc) is 2.90. The van der Waals surface area contributed by atoms with Crippen LogP contribution in [0.15, 0.2) is 42.6 Å². The van der Waals surface area contributed by atoms with E-state index in [0.717, 1.165) is 0 Å². The molecule has 26 heavy (non-hydrogen) atoms. The van der Waals surface area contributed by atoms with Crippen LogP contribution in [-0.2, 0) is 9.53 Å². The van der Waals surface area contributed by atoms with Gasteiger partial charge in [0, 0.05) is 19.3 Å². The highest BCUT2D eigenvalue weighted by Crippen LogP contribution is 2.22. The Labute approximate surface area is 149 Å². The quantitative estimate of drug-likeness (QED) is 0.869. The van der Waals surface area contributed by atoms with E-state index >= 15 is 0 Å². The number of aliphatic carboxylic acids is 1. The second kappa shape index (κ2) is 7.92. The molecular weight excluding hydrogens is 341 g/mol. The van der Waals surface area contributed by atoms with Crippen molar-refractivity contribution in [3.05, 3.63) is 54.0 Å². The molecular formula is C18H18FN3O4. The number of nitrogens with zero attached hydrogens (tertiary/aromatic N) is 2. The number of amides is 1. The predicted octanol–water partition coefficient (Wildman–Crippen LogP) is 2.14. The average molecular weight is 359 g/mol. The van der Waals surface area contributed by atoms with Gasteiger partial charge in [0.25, 0.3) is 5.91 Å². The number of para-hydroxylation sites is 1. The first kappa shape index (κ1) is 17.8. The molecule has 1 saturated heterocycles. The van der Waals surface area contributed by atoms with Crippen molar-refractivity contribution in [2.75, 3.05) is 31.6 Å². The lowest BCUT2D eigenvalue weighted by Crippen LogP contribution is -2.38. The van der Waals surface area contributed by atoms with E-state index in [1.54, 1.807) is 30.3 Å². The monoisotopic (exact) mass is 359 g/mol. The molecule has 1 unspecified atom stereocenters. The Morgan fingerprint density at radius 2 is 2.08 bits per heavy atom. The lowest BCUT2D eigenvalue weighted by atomic mass is 10.1. The van der Waals surface area contributed by atoms with Gasteiger partial charge in [0.05, 0.1) is 30.4 Å². The Bertz CT molecular complexity index is 815. The number of carboxylic acids is 1. The topological polar surface area (TPSA) is 91.8 Å². The molecule has 1 fully saturated rings. The molecule has 0 bridgehead atoms. The van der Waals surface area contributed by atoms with E-state index in [9.17, 15) is 19.1 Å². The Balaban J connectivity index is 1.85. The Hall–Kier alpha value is -3.00. The summed E-state index contributed by atoms with van der Waals surface area (Å²) < 4.78 is 19.2. The number of carbonyl (C=O) groups is 2. The minimum atomic E-state index is -1.01. The van der Waals surface area contributed by atoms with E-state index in [1.807, 2.05) is 0 Å². The number of pyridine rings is 1. The van der Waals surface area contributed by atoms with E-state index in [0.29, 0.717) is 0 Å². The number of hydrogen-bond acceptors (Lipinski definition) is 5. The van der Waals surface area contributed by atoms with Gasteiger partial charge in [-0.05, 0) is 24.3 Å². The summed E-state index contributed by atoms with van der Waals surface area (Å²) in [5.41, 5.74) is 0.435. The van der Waals surface area contributed by atoms with Gasteiger partial charge in [0.2, 0.25) is 0 Å². The first-order chi connectivity index (χ1) is 12.6. The first-order valence-electron chi connectivity index (χ1n) is 8.12. The van der Waals surface area contributed by atoms with Crippen LogP contribution in [0.5, 0.6) is 0 Å². The molecule has 1 aromatic carbocycles. The van der Waals surface area contributed by atoms with Crippen LogP contribution in [0.3, 0.4) is 0 Å². The van der Waals surface area contributed by atoms with Crippen LogP contribution in [0.1, 0.15) is 10.4 Å². The number of aromatic nitrogens is 1. The molecule has 136 valence electrons. The summed E-state index contributed by atoms with van der Waals surface area (Å²) in [7, 11) is 0. The van der Waals surface area contributed by atoms with Crippen molar-refractivity contribution in [2.24, 2.45) is 5.92 Å². The highest BCUT2D eigenvalue weighted by atomic mass is 19.1. The van der Waals surface area contributed by atoms with Gasteiger partial charge in [-0.3, -0.25) is 9.59 Å². The zero-order valence-electron chi connectivity index (χ0n) is 13.9. The van der Waals surface area contributed by atoms with Crippen molar-refractivity contribution in [3.8, 4) is 0 Å². The molecule has 1 atom stereocenters. The highest BCUT2D eigenvalue weighted by Gasteiger charge is 2.29. The molecule has 1 aliphatic heterocycles. The van der Waals surface area contributed by atoms with Gasteiger partial charge in [-0.1, -0.05) is 12.1 Å². The summed E-state index contributed by atoms with van der Waals surface area (Å²) in [6, 6.07) is 9.24. The standard InChI is InChI=1S/C18H18FN3O4/c19-14-5-1-2-6-15(14)21-16-13(4-3-7-20-16)17(23)22-8-9-26-11-12(10-22)18(24)25/h1-7,12H,8-11H2,(H,20,21)(H,24,25). The number of rotatable bonds is 4. The Morgan fingerprint density at radius 1 is 1.27 bits per heavy atom. The second-order valence-electron chi connectivity index (χ2n) is 5.87. The van der Waals surface area contributed by atoms with Crippen LogP contribution < -0.4 is 5.32 Å². The normalized spacial score (nSPS) is 17.4. The van der Waals surface area contributed by atoms with Crippen LogP contribution in [0.4, 0.5) is 15.9 Å². The predicted molar refractivity (Wildman–Crippen MR) is 91.8 cm³/mol. The molecule has 7 nitrogen and oxygen atoms in total. The number of anilines is 2. The molecule has 3 rings (SSSR count). The van der Waals surface area contributed by atoms with Crippen LogP contribution in [0.25, 0.3) is 0 Å². The maximum Gasteiger partial charge on any atom is 0.310 e. The van der Waals surface area contributed by atoms with Crippen molar-refractivity contribution >= 4 is 23.4 Å². The van der Waals surface area contributed by atoms with Crippen molar-refractivity contribution in [3.63, 3.8) is 0 Å². The maximum atomic E-state index is 13.9.